The minimum Gasteiger partial charge on any atom is -0.319 e. The van der Waals surface area contributed by atoms with E-state index in [0.29, 0.717) is 15.4 Å². The molecule has 0 spiro atoms. The fourth-order valence-electron chi connectivity index (χ4n) is 2.22. The van der Waals surface area contributed by atoms with E-state index in [-0.39, 0.29) is 11.3 Å². The van der Waals surface area contributed by atoms with Gasteiger partial charge in [-0.15, -0.1) is 11.3 Å². The number of hydrogen-bond donors (Lipinski definition) is 1. The maximum atomic E-state index is 12.6. The van der Waals surface area contributed by atoms with Crippen molar-refractivity contribution in [1.82, 2.24) is 9.38 Å². The van der Waals surface area contributed by atoms with Crippen LogP contribution in [-0.4, -0.2) is 15.3 Å². The van der Waals surface area contributed by atoms with Gasteiger partial charge in [-0.1, -0.05) is 32.1 Å². The third-order valence-corrected chi connectivity index (χ3v) is 6.15. The number of fused-ring (bicyclic) bond motifs is 1. The average Bonchev–Trinajstić information content (AvgIpc) is 3.14. The van der Waals surface area contributed by atoms with E-state index in [4.69, 9.17) is 0 Å². The maximum Gasteiger partial charge on any atom is 0.267 e. The van der Waals surface area contributed by atoms with E-state index in [9.17, 15) is 10.1 Å². The molecule has 0 atom stereocenters. The van der Waals surface area contributed by atoms with Crippen LogP contribution in [0.3, 0.4) is 0 Å². The highest BCUT2D eigenvalue weighted by Crippen LogP contribution is 2.35. The zero-order valence-electron chi connectivity index (χ0n) is 13.3. The summed E-state index contributed by atoms with van der Waals surface area (Å²) in [6.07, 6.45) is 3.55. The van der Waals surface area contributed by atoms with E-state index < -0.39 is 0 Å². The van der Waals surface area contributed by atoms with E-state index in [1.165, 1.54) is 22.7 Å². The van der Waals surface area contributed by atoms with Crippen molar-refractivity contribution >= 4 is 39.2 Å². The second-order valence-corrected chi connectivity index (χ2v) is 8.30. The summed E-state index contributed by atoms with van der Waals surface area (Å²) in [6.45, 7) is 8.15. The Bertz CT molecular complexity index is 934. The Morgan fingerprint density at radius 1 is 1.39 bits per heavy atom. The third-order valence-electron chi connectivity index (χ3n) is 3.52. The molecule has 1 N–H and O–H groups in total. The minimum atomic E-state index is -0.201. The molecule has 0 fully saturated rings. The molecule has 0 unspecified atom stereocenters. The van der Waals surface area contributed by atoms with Gasteiger partial charge < -0.3 is 5.32 Å². The number of rotatable bonds is 2. The van der Waals surface area contributed by atoms with Gasteiger partial charge in [-0.05, 0) is 18.4 Å². The highest BCUT2D eigenvalue weighted by molar-refractivity contribution is 7.19. The number of aryl methyl sites for hydroxylation is 1. The van der Waals surface area contributed by atoms with Crippen molar-refractivity contribution in [2.24, 2.45) is 0 Å². The van der Waals surface area contributed by atoms with Gasteiger partial charge in [-0.3, -0.25) is 9.20 Å². The molecule has 0 aromatic carbocycles. The molecule has 0 radical (unpaired) electrons. The standard InChI is InChI=1S/C16H16N4OS2/c1-9-13(23-15-18-5-6-20(9)15)14(21)19-10-7-12(16(2,3)4)22-11(10)8-17/h5-7H,1-4H3,(H,19,21). The summed E-state index contributed by atoms with van der Waals surface area (Å²) in [4.78, 5) is 19.8. The van der Waals surface area contributed by atoms with Crippen LogP contribution in [0.2, 0.25) is 0 Å². The Hall–Kier alpha value is -2.17. The molecular formula is C16H16N4OS2. The van der Waals surface area contributed by atoms with Crippen molar-refractivity contribution in [3.8, 4) is 6.07 Å². The lowest BCUT2D eigenvalue weighted by Gasteiger charge is -2.15. The van der Waals surface area contributed by atoms with Crippen LogP contribution >= 0.6 is 22.7 Å². The number of amides is 1. The summed E-state index contributed by atoms with van der Waals surface area (Å²) in [5.74, 6) is -0.201. The van der Waals surface area contributed by atoms with Gasteiger partial charge in [0.2, 0.25) is 0 Å². The maximum absolute atomic E-state index is 12.6. The van der Waals surface area contributed by atoms with Crippen LogP contribution in [-0.2, 0) is 5.41 Å². The molecule has 118 valence electrons. The molecule has 3 rings (SSSR count). The van der Waals surface area contributed by atoms with Crippen molar-refractivity contribution in [3.63, 3.8) is 0 Å². The molecule has 5 nitrogen and oxygen atoms in total. The molecule has 7 heteroatoms. The smallest absolute Gasteiger partial charge is 0.267 e. The largest absolute Gasteiger partial charge is 0.319 e. The number of carbonyl (C=O) groups is 1. The molecule has 3 aromatic rings. The van der Waals surface area contributed by atoms with Gasteiger partial charge in [0, 0.05) is 23.0 Å². The molecule has 3 aromatic heterocycles. The first-order valence-corrected chi connectivity index (χ1v) is 8.73. The first kappa shape index (κ1) is 15.7. The van der Waals surface area contributed by atoms with Crippen molar-refractivity contribution in [1.29, 1.82) is 5.26 Å². The number of nitrogens with zero attached hydrogens (tertiary/aromatic N) is 3. The Labute approximate surface area is 142 Å². The summed E-state index contributed by atoms with van der Waals surface area (Å²) in [6, 6.07) is 4.07. The summed E-state index contributed by atoms with van der Waals surface area (Å²) in [5, 5.41) is 12.2. The van der Waals surface area contributed by atoms with Gasteiger partial charge in [0.25, 0.3) is 5.91 Å². The van der Waals surface area contributed by atoms with E-state index in [2.05, 4.69) is 37.1 Å². The van der Waals surface area contributed by atoms with Crippen molar-refractivity contribution < 1.29 is 4.79 Å². The lowest BCUT2D eigenvalue weighted by Crippen LogP contribution is -2.12. The molecule has 0 aliphatic heterocycles. The second-order valence-electron chi connectivity index (χ2n) is 6.27. The zero-order chi connectivity index (χ0) is 16.8. The van der Waals surface area contributed by atoms with E-state index in [1.54, 1.807) is 6.20 Å². The fraction of sp³-hybridized carbons (Fsp3) is 0.312. The molecule has 0 saturated carbocycles. The number of anilines is 1. The fourth-order valence-corrected chi connectivity index (χ4v) is 4.17. The molecule has 0 aliphatic carbocycles. The number of nitrogens with one attached hydrogen (secondary N) is 1. The van der Waals surface area contributed by atoms with Crippen LogP contribution in [0.4, 0.5) is 5.69 Å². The first-order valence-electron chi connectivity index (χ1n) is 7.09. The van der Waals surface area contributed by atoms with Crippen LogP contribution in [0.25, 0.3) is 4.96 Å². The predicted octanol–water partition coefficient (Wildman–Crippen LogP) is 4.19. The van der Waals surface area contributed by atoms with Gasteiger partial charge in [0.1, 0.15) is 15.8 Å². The zero-order valence-corrected chi connectivity index (χ0v) is 14.9. The molecule has 3 heterocycles. The van der Waals surface area contributed by atoms with Crippen molar-refractivity contribution in [3.05, 3.63) is 38.8 Å². The summed E-state index contributed by atoms with van der Waals surface area (Å²) in [5.41, 5.74) is 1.38. The molecule has 23 heavy (non-hydrogen) atoms. The van der Waals surface area contributed by atoms with Gasteiger partial charge in [0.05, 0.1) is 5.69 Å². The van der Waals surface area contributed by atoms with Crippen LogP contribution in [0.1, 0.15) is 45.9 Å². The van der Waals surface area contributed by atoms with Crippen LogP contribution in [0, 0.1) is 18.3 Å². The number of thiophene rings is 1. The van der Waals surface area contributed by atoms with E-state index in [0.717, 1.165) is 15.5 Å². The molecule has 0 aliphatic rings. The number of aromatic nitrogens is 2. The lowest BCUT2D eigenvalue weighted by molar-refractivity contribution is 0.102. The molecular weight excluding hydrogens is 328 g/mol. The third kappa shape index (κ3) is 2.76. The number of thiazole rings is 1. The van der Waals surface area contributed by atoms with Gasteiger partial charge in [0.15, 0.2) is 4.96 Å². The Morgan fingerprint density at radius 2 is 2.13 bits per heavy atom. The molecule has 0 saturated heterocycles. The minimum absolute atomic E-state index is 0.0568. The second kappa shape index (κ2) is 5.48. The predicted molar refractivity (Wildman–Crippen MR) is 93.5 cm³/mol. The van der Waals surface area contributed by atoms with Gasteiger partial charge in [-0.25, -0.2) is 4.98 Å². The molecule has 1 amide bonds. The highest BCUT2D eigenvalue weighted by atomic mass is 32.1. The molecule has 0 bridgehead atoms. The van der Waals surface area contributed by atoms with Crippen LogP contribution in [0.5, 0.6) is 0 Å². The van der Waals surface area contributed by atoms with Crippen molar-refractivity contribution in [2.45, 2.75) is 33.1 Å². The number of imidazole rings is 1. The van der Waals surface area contributed by atoms with Gasteiger partial charge >= 0.3 is 0 Å². The summed E-state index contributed by atoms with van der Waals surface area (Å²) in [7, 11) is 0. The monoisotopic (exact) mass is 344 g/mol. The Balaban J connectivity index is 1.94. The first-order chi connectivity index (χ1) is 10.8. The number of carbonyl (C=O) groups excluding carboxylic acids is 1. The van der Waals surface area contributed by atoms with Crippen molar-refractivity contribution in [2.75, 3.05) is 5.32 Å². The average molecular weight is 344 g/mol. The van der Waals surface area contributed by atoms with Crippen LogP contribution < -0.4 is 5.32 Å². The van der Waals surface area contributed by atoms with Gasteiger partial charge in [-0.2, -0.15) is 5.26 Å². The lowest BCUT2D eigenvalue weighted by atomic mass is 9.94. The summed E-state index contributed by atoms with van der Waals surface area (Å²) < 4.78 is 1.89. The summed E-state index contributed by atoms with van der Waals surface area (Å²) >= 11 is 2.77. The Kier molecular flexibility index (Phi) is 3.74. The highest BCUT2D eigenvalue weighted by Gasteiger charge is 2.22. The van der Waals surface area contributed by atoms with E-state index in [1.807, 2.05) is 23.6 Å². The Morgan fingerprint density at radius 3 is 2.74 bits per heavy atom. The quantitative estimate of drug-likeness (QED) is 0.758. The topological polar surface area (TPSA) is 70.2 Å². The normalized spacial score (nSPS) is 11.6. The number of nitriles is 1. The van der Waals surface area contributed by atoms with Crippen LogP contribution in [0.15, 0.2) is 18.5 Å². The SMILES string of the molecule is Cc1c(C(=O)Nc2cc(C(C)(C)C)sc2C#N)sc2nccn12. The van der Waals surface area contributed by atoms with E-state index >= 15 is 0 Å². The number of hydrogen-bond acceptors (Lipinski definition) is 5.